The molecule has 1 nitrogen and oxygen atoms in total. The lowest BCUT2D eigenvalue weighted by Crippen LogP contribution is -2.31. The Labute approximate surface area is 89.3 Å². The molecule has 1 atom stereocenters. The lowest BCUT2D eigenvalue weighted by atomic mass is 10.2. The number of hydrogen-bond donors (Lipinski definition) is 0. The van der Waals surface area contributed by atoms with Gasteiger partial charge in [0, 0.05) is 12.6 Å². The lowest BCUT2D eigenvalue weighted by Gasteiger charge is -2.24. The van der Waals surface area contributed by atoms with Gasteiger partial charge in [0.05, 0.1) is 0 Å². The van der Waals surface area contributed by atoms with E-state index in [4.69, 9.17) is 0 Å². The minimum atomic E-state index is 0.680. The fourth-order valence-corrected chi connectivity index (χ4v) is 1.71. The van der Waals surface area contributed by atoms with Crippen LogP contribution in [0.4, 0.5) is 0 Å². The summed E-state index contributed by atoms with van der Waals surface area (Å²) in [5.74, 6) is 2.09. The first-order chi connectivity index (χ1) is 6.07. The molecule has 0 aromatic rings. The van der Waals surface area contributed by atoms with Crippen LogP contribution in [0.15, 0.2) is 0 Å². The van der Waals surface area contributed by atoms with Crippen molar-refractivity contribution in [2.24, 2.45) is 5.92 Å². The highest BCUT2D eigenvalue weighted by Crippen LogP contribution is 2.07. The van der Waals surface area contributed by atoms with Crippen molar-refractivity contribution in [3.63, 3.8) is 0 Å². The van der Waals surface area contributed by atoms with Crippen LogP contribution in [-0.4, -0.2) is 36.5 Å². The minimum absolute atomic E-state index is 0.680. The molecule has 2 heteroatoms. The van der Waals surface area contributed by atoms with Crippen LogP contribution in [0.2, 0.25) is 0 Å². The van der Waals surface area contributed by atoms with Gasteiger partial charge in [0.25, 0.3) is 0 Å². The summed E-state index contributed by atoms with van der Waals surface area (Å²) in [6, 6.07) is 0.680. The van der Waals surface area contributed by atoms with Crippen molar-refractivity contribution in [1.82, 2.24) is 4.90 Å². The van der Waals surface area contributed by atoms with Gasteiger partial charge in [-0.05, 0) is 38.8 Å². The molecule has 0 heterocycles. The van der Waals surface area contributed by atoms with Crippen LogP contribution in [0.1, 0.15) is 34.6 Å². The van der Waals surface area contributed by atoms with Crippen LogP contribution in [0, 0.1) is 5.92 Å². The molecule has 0 aromatic carbocycles. The van der Waals surface area contributed by atoms with Gasteiger partial charge in [0.15, 0.2) is 0 Å². The first kappa shape index (κ1) is 15.8. The average molecular weight is 205 g/mol. The summed E-state index contributed by atoms with van der Waals surface area (Å²) >= 11 is 1.94. The van der Waals surface area contributed by atoms with E-state index in [9.17, 15) is 0 Å². The average Bonchev–Trinajstić information content (AvgIpc) is 2.08. The van der Waals surface area contributed by atoms with Crippen molar-refractivity contribution in [2.45, 2.75) is 40.7 Å². The van der Waals surface area contributed by atoms with E-state index in [-0.39, 0.29) is 0 Å². The quantitative estimate of drug-likeness (QED) is 0.677. The van der Waals surface area contributed by atoms with E-state index >= 15 is 0 Å². The SMILES string of the molecule is CC.CSCC(C)CN(C)C(C)C. The normalized spacial score (nSPS) is 12.7. The molecule has 0 bridgehead atoms. The maximum absolute atomic E-state index is 2.40. The van der Waals surface area contributed by atoms with E-state index in [0.717, 1.165) is 5.92 Å². The van der Waals surface area contributed by atoms with E-state index < -0.39 is 0 Å². The van der Waals surface area contributed by atoms with Crippen LogP contribution in [0.5, 0.6) is 0 Å². The third-order valence-corrected chi connectivity index (χ3v) is 2.83. The molecule has 0 aliphatic carbocycles. The van der Waals surface area contributed by atoms with Crippen molar-refractivity contribution in [1.29, 1.82) is 0 Å². The second-order valence-electron chi connectivity index (χ2n) is 3.59. The number of thioether (sulfide) groups is 1. The minimum Gasteiger partial charge on any atom is -0.304 e. The molecule has 0 fully saturated rings. The maximum atomic E-state index is 2.40. The molecular weight excluding hydrogens is 178 g/mol. The van der Waals surface area contributed by atoms with E-state index in [1.54, 1.807) is 0 Å². The third kappa shape index (κ3) is 10.2. The molecule has 0 aromatic heterocycles. The zero-order chi connectivity index (χ0) is 10.9. The predicted molar refractivity (Wildman–Crippen MR) is 66.7 cm³/mol. The van der Waals surface area contributed by atoms with Crippen molar-refractivity contribution in [2.75, 3.05) is 25.6 Å². The Kier molecular flexibility index (Phi) is 12.6. The van der Waals surface area contributed by atoms with Crippen LogP contribution < -0.4 is 0 Å². The summed E-state index contributed by atoms with van der Waals surface area (Å²) in [6.07, 6.45) is 2.17. The molecule has 82 valence electrons. The summed E-state index contributed by atoms with van der Waals surface area (Å²) in [5.41, 5.74) is 0. The molecule has 0 rings (SSSR count). The van der Waals surface area contributed by atoms with Crippen LogP contribution in [-0.2, 0) is 0 Å². The van der Waals surface area contributed by atoms with Crippen LogP contribution >= 0.6 is 11.8 Å². The Hall–Kier alpha value is 0.310. The molecule has 0 radical (unpaired) electrons. The Morgan fingerprint density at radius 3 is 1.92 bits per heavy atom. The van der Waals surface area contributed by atoms with Gasteiger partial charge < -0.3 is 4.90 Å². The highest BCUT2D eigenvalue weighted by molar-refractivity contribution is 7.98. The van der Waals surface area contributed by atoms with Crippen LogP contribution in [0.25, 0.3) is 0 Å². The topological polar surface area (TPSA) is 3.24 Å². The van der Waals surface area contributed by atoms with Crippen molar-refractivity contribution >= 4 is 11.8 Å². The highest BCUT2D eigenvalue weighted by atomic mass is 32.2. The standard InChI is InChI=1S/C9H21NS.C2H6/c1-8(2)10(4)6-9(3)7-11-5;1-2/h8-9H,6-7H2,1-5H3;1-2H3. The zero-order valence-corrected chi connectivity index (χ0v) is 11.2. The van der Waals surface area contributed by atoms with Gasteiger partial charge in [-0.2, -0.15) is 11.8 Å². The van der Waals surface area contributed by atoms with Gasteiger partial charge in [-0.1, -0.05) is 20.8 Å². The second kappa shape index (κ2) is 10.4. The molecule has 0 saturated heterocycles. The predicted octanol–water partition coefficient (Wildman–Crippen LogP) is 3.35. The summed E-state index contributed by atoms with van der Waals surface area (Å²) < 4.78 is 0. The first-order valence-corrected chi connectivity index (χ1v) is 6.66. The second-order valence-corrected chi connectivity index (χ2v) is 4.50. The summed E-state index contributed by atoms with van der Waals surface area (Å²) in [6.45, 7) is 12.0. The Morgan fingerprint density at radius 1 is 1.15 bits per heavy atom. The third-order valence-electron chi connectivity index (χ3n) is 1.93. The fourth-order valence-electron chi connectivity index (χ4n) is 1.04. The molecule has 0 saturated carbocycles. The molecule has 0 aliphatic heterocycles. The van der Waals surface area contributed by atoms with Crippen molar-refractivity contribution in [3.8, 4) is 0 Å². The number of hydrogen-bond acceptors (Lipinski definition) is 2. The van der Waals surface area contributed by atoms with Gasteiger partial charge in [-0.15, -0.1) is 0 Å². The summed E-state index contributed by atoms with van der Waals surface area (Å²) in [5, 5.41) is 0. The van der Waals surface area contributed by atoms with E-state index in [1.165, 1.54) is 12.3 Å². The maximum Gasteiger partial charge on any atom is 0.00356 e. The van der Waals surface area contributed by atoms with E-state index in [1.807, 2.05) is 25.6 Å². The Balaban J connectivity index is 0. The van der Waals surface area contributed by atoms with Gasteiger partial charge in [0.1, 0.15) is 0 Å². The molecule has 0 aliphatic rings. The van der Waals surface area contributed by atoms with Crippen molar-refractivity contribution in [3.05, 3.63) is 0 Å². The fraction of sp³-hybridized carbons (Fsp3) is 1.00. The summed E-state index contributed by atoms with van der Waals surface area (Å²) in [7, 11) is 2.20. The Bertz CT molecular complexity index is 94.1. The van der Waals surface area contributed by atoms with Crippen molar-refractivity contribution < 1.29 is 0 Å². The Morgan fingerprint density at radius 2 is 1.62 bits per heavy atom. The van der Waals surface area contributed by atoms with E-state index in [0.29, 0.717) is 6.04 Å². The molecule has 0 spiro atoms. The molecule has 0 N–H and O–H groups in total. The highest BCUT2D eigenvalue weighted by Gasteiger charge is 2.07. The number of nitrogens with zero attached hydrogens (tertiary/aromatic N) is 1. The largest absolute Gasteiger partial charge is 0.304 e. The van der Waals surface area contributed by atoms with Crippen LogP contribution in [0.3, 0.4) is 0 Å². The zero-order valence-electron chi connectivity index (χ0n) is 10.4. The van der Waals surface area contributed by atoms with Gasteiger partial charge in [-0.25, -0.2) is 0 Å². The summed E-state index contributed by atoms with van der Waals surface area (Å²) in [4.78, 5) is 2.40. The molecule has 1 unspecified atom stereocenters. The molecule has 13 heavy (non-hydrogen) atoms. The van der Waals surface area contributed by atoms with Gasteiger partial charge in [-0.3, -0.25) is 0 Å². The van der Waals surface area contributed by atoms with Gasteiger partial charge >= 0.3 is 0 Å². The van der Waals surface area contributed by atoms with E-state index in [2.05, 4.69) is 39.0 Å². The lowest BCUT2D eigenvalue weighted by molar-refractivity contribution is 0.246. The molecule has 0 amide bonds. The number of rotatable bonds is 5. The molecular formula is C11H27NS. The van der Waals surface area contributed by atoms with Gasteiger partial charge in [0.2, 0.25) is 0 Å². The first-order valence-electron chi connectivity index (χ1n) is 5.27. The smallest absolute Gasteiger partial charge is 0.00356 e. The monoisotopic (exact) mass is 205 g/mol.